The van der Waals surface area contributed by atoms with E-state index in [1.165, 1.54) is 11.1 Å². The van der Waals surface area contributed by atoms with Gasteiger partial charge in [-0.15, -0.1) is 0 Å². The Labute approximate surface area is 153 Å². The van der Waals surface area contributed by atoms with Crippen LogP contribution in [0.3, 0.4) is 0 Å². The molecule has 0 aliphatic carbocycles. The number of allylic oxidation sites excluding steroid dienone is 1. The van der Waals surface area contributed by atoms with Crippen molar-refractivity contribution in [3.63, 3.8) is 0 Å². The van der Waals surface area contributed by atoms with E-state index < -0.39 is 0 Å². The maximum absolute atomic E-state index is 10.0. The number of rotatable bonds is 1. The number of anilines is 1. The number of nitriles is 1. The largest absolute Gasteiger partial charge is 0.437 e. The Morgan fingerprint density at radius 1 is 1.12 bits per heavy atom. The Bertz CT molecular complexity index is 926. The number of fused-ring (bicyclic) bond motifs is 5. The van der Waals surface area contributed by atoms with E-state index in [0.29, 0.717) is 11.5 Å². The zero-order valence-electron chi connectivity index (χ0n) is 14.7. The molecule has 130 valence electrons. The van der Waals surface area contributed by atoms with Crippen LogP contribution in [0.15, 0.2) is 60.0 Å². The predicted octanol–water partition coefficient (Wildman–Crippen LogP) is 4.48. The normalized spacial score (nSPS) is 26.5. The summed E-state index contributed by atoms with van der Waals surface area (Å²) in [7, 11) is 0. The van der Waals surface area contributed by atoms with Gasteiger partial charge in [0.15, 0.2) is 5.75 Å². The molecule has 3 aliphatic heterocycles. The van der Waals surface area contributed by atoms with Gasteiger partial charge in [-0.05, 0) is 37.5 Å². The van der Waals surface area contributed by atoms with E-state index in [1.807, 2.05) is 24.3 Å². The number of benzene rings is 2. The number of nitrogens with zero attached hydrogens (tertiary/aromatic N) is 2. The third-order valence-electron chi connectivity index (χ3n) is 5.67. The lowest BCUT2D eigenvalue weighted by atomic mass is 9.74. The Balaban J connectivity index is 1.70. The summed E-state index contributed by atoms with van der Waals surface area (Å²) < 4.78 is 12.4. The maximum Gasteiger partial charge on any atom is 0.217 e. The monoisotopic (exact) mass is 344 g/mol. The molecule has 3 aliphatic rings. The highest BCUT2D eigenvalue weighted by Gasteiger charge is 2.49. The number of para-hydroxylation sites is 2. The first-order valence-electron chi connectivity index (χ1n) is 9.16. The Morgan fingerprint density at radius 3 is 2.73 bits per heavy atom. The lowest BCUT2D eigenvalue weighted by Crippen LogP contribution is -2.50. The maximum atomic E-state index is 10.0. The fourth-order valence-electron chi connectivity index (χ4n) is 4.48. The van der Waals surface area contributed by atoms with Crippen LogP contribution in [-0.4, -0.2) is 12.8 Å². The van der Waals surface area contributed by atoms with Crippen LogP contribution < -0.4 is 9.64 Å². The Kier molecular flexibility index (Phi) is 3.51. The van der Waals surface area contributed by atoms with Gasteiger partial charge < -0.3 is 9.47 Å². The minimum atomic E-state index is -0.0918. The van der Waals surface area contributed by atoms with Crippen molar-refractivity contribution < 1.29 is 9.47 Å². The lowest BCUT2D eigenvalue weighted by molar-refractivity contribution is -0.0367. The average molecular weight is 344 g/mol. The molecule has 2 aromatic carbocycles. The molecule has 0 bridgehead atoms. The molecule has 1 fully saturated rings. The molecule has 26 heavy (non-hydrogen) atoms. The van der Waals surface area contributed by atoms with Crippen LogP contribution in [-0.2, 0) is 4.74 Å². The van der Waals surface area contributed by atoms with E-state index >= 15 is 0 Å². The summed E-state index contributed by atoms with van der Waals surface area (Å²) in [6, 6.07) is 18.9. The molecule has 0 unspecified atom stereocenters. The summed E-state index contributed by atoms with van der Waals surface area (Å²) in [5.74, 6) is 1.68. The summed E-state index contributed by atoms with van der Waals surface area (Å²) in [5.41, 5.74) is 4.09. The second kappa shape index (κ2) is 5.89. The van der Waals surface area contributed by atoms with Gasteiger partial charge >= 0.3 is 0 Å². The van der Waals surface area contributed by atoms with E-state index in [-0.39, 0.29) is 18.1 Å². The SMILES string of the molecule is Cc1ccc([C@@H]2C(C#N)=C3Oc4ccccc4N3[C@@H]3OCCC[C@@H]32)cc1. The average Bonchev–Trinajstić information content (AvgIpc) is 3.07. The zero-order valence-corrected chi connectivity index (χ0v) is 14.7. The van der Waals surface area contributed by atoms with Crippen LogP contribution in [0, 0.1) is 24.2 Å². The molecule has 0 aromatic heterocycles. The van der Waals surface area contributed by atoms with Crippen LogP contribution in [0.5, 0.6) is 5.75 Å². The molecule has 3 heterocycles. The van der Waals surface area contributed by atoms with Crippen molar-refractivity contribution in [1.29, 1.82) is 5.26 Å². The van der Waals surface area contributed by atoms with Crippen LogP contribution in [0.4, 0.5) is 5.69 Å². The molecular formula is C22H20N2O2. The molecule has 4 heteroatoms. The molecule has 0 N–H and O–H groups in total. The second-order valence-corrected chi connectivity index (χ2v) is 7.23. The smallest absolute Gasteiger partial charge is 0.217 e. The van der Waals surface area contributed by atoms with Gasteiger partial charge in [-0.1, -0.05) is 42.0 Å². The van der Waals surface area contributed by atoms with Crippen molar-refractivity contribution in [1.82, 2.24) is 0 Å². The van der Waals surface area contributed by atoms with Crippen molar-refractivity contribution in [2.45, 2.75) is 31.9 Å². The van der Waals surface area contributed by atoms with Crippen LogP contribution in [0.25, 0.3) is 0 Å². The van der Waals surface area contributed by atoms with Gasteiger partial charge in [0, 0.05) is 18.4 Å². The van der Waals surface area contributed by atoms with Crippen LogP contribution in [0.1, 0.15) is 29.9 Å². The fourth-order valence-corrected chi connectivity index (χ4v) is 4.48. The highest BCUT2D eigenvalue weighted by Crippen LogP contribution is 2.52. The van der Waals surface area contributed by atoms with Gasteiger partial charge in [-0.25, -0.2) is 0 Å². The minimum absolute atomic E-state index is 0.00598. The molecule has 0 spiro atoms. The number of hydrogen-bond acceptors (Lipinski definition) is 4. The van der Waals surface area contributed by atoms with Gasteiger partial charge in [0.25, 0.3) is 0 Å². The predicted molar refractivity (Wildman–Crippen MR) is 98.6 cm³/mol. The van der Waals surface area contributed by atoms with Gasteiger partial charge in [-0.2, -0.15) is 5.26 Å². The van der Waals surface area contributed by atoms with Crippen molar-refractivity contribution in [3.05, 3.63) is 71.1 Å². The molecule has 5 rings (SSSR count). The van der Waals surface area contributed by atoms with Gasteiger partial charge in [0.05, 0.1) is 11.3 Å². The van der Waals surface area contributed by atoms with Crippen molar-refractivity contribution >= 4 is 5.69 Å². The Hall–Kier alpha value is -2.77. The van der Waals surface area contributed by atoms with Gasteiger partial charge in [0.1, 0.15) is 12.3 Å². The molecular weight excluding hydrogens is 324 g/mol. The molecule has 0 radical (unpaired) electrons. The quantitative estimate of drug-likeness (QED) is 0.765. The molecule has 0 amide bonds. The first-order valence-corrected chi connectivity index (χ1v) is 9.16. The summed E-state index contributed by atoms with van der Waals surface area (Å²) in [6.45, 7) is 2.83. The Morgan fingerprint density at radius 2 is 1.92 bits per heavy atom. The first kappa shape index (κ1) is 15.5. The molecule has 3 atom stereocenters. The van der Waals surface area contributed by atoms with E-state index in [1.54, 1.807) is 0 Å². The summed E-state index contributed by atoms with van der Waals surface area (Å²) in [5, 5.41) is 10.0. The van der Waals surface area contributed by atoms with E-state index in [9.17, 15) is 5.26 Å². The summed E-state index contributed by atoms with van der Waals surface area (Å²) in [4.78, 5) is 2.10. The first-order chi connectivity index (χ1) is 12.8. The van der Waals surface area contributed by atoms with Crippen molar-refractivity contribution in [2.75, 3.05) is 11.5 Å². The summed E-state index contributed by atoms with van der Waals surface area (Å²) in [6.07, 6.45) is 1.97. The van der Waals surface area contributed by atoms with Gasteiger partial charge in [0.2, 0.25) is 5.88 Å². The van der Waals surface area contributed by atoms with E-state index in [0.717, 1.165) is 30.9 Å². The summed E-state index contributed by atoms with van der Waals surface area (Å²) >= 11 is 0. The van der Waals surface area contributed by atoms with Crippen LogP contribution >= 0.6 is 0 Å². The highest BCUT2D eigenvalue weighted by atomic mass is 16.5. The topological polar surface area (TPSA) is 45.5 Å². The number of aryl methyl sites for hydroxylation is 1. The van der Waals surface area contributed by atoms with Crippen molar-refractivity contribution in [3.8, 4) is 11.8 Å². The van der Waals surface area contributed by atoms with E-state index in [4.69, 9.17) is 9.47 Å². The van der Waals surface area contributed by atoms with Gasteiger partial charge in [-0.3, -0.25) is 4.90 Å². The van der Waals surface area contributed by atoms with E-state index in [2.05, 4.69) is 42.2 Å². The number of hydrogen-bond donors (Lipinski definition) is 0. The van der Waals surface area contributed by atoms with Crippen molar-refractivity contribution in [2.24, 2.45) is 5.92 Å². The van der Waals surface area contributed by atoms with Crippen LogP contribution in [0.2, 0.25) is 0 Å². The highest BCUT2D eigenvalue weighted by molar-refractivity contribution is 5.70. The molecule has 0 saturated carbocycles. The third kappa shape index (κ3) is 2.17. The zero-order chi connectivity index (χ0) is 17.7. The molecule has 4 nitrogen and oxygen atoms in total. The fraction of sp³-hybridized carbons (Fsp3) is 0.318. The lowest BCUT2D eigenvalue weighted by Gasteiger charge is -2.45. The standard InChI is InChI=1S/C22H20N2O2/c1-14-8-10-15(11-9-14)20-16-5-4-12-25-21(16)24-18-6-2-3-7-19(18)26-22(24)17(20)13-23/h2-3,6-11,16,20-21H,4-5,12H2,1H3/t16-,20+,21-/m1/s1. The number of ether oxygens (including phenoxy) is 2. The molecule has 1 saturated heterocycles. The molecule has 2 aromatic rings. The minimum Gasteiger partial charge on any atom is -0.437 e. The second-order valence-electron chi connectivity index (χ2n) is 7.23. The third-order valence-corrected chi connectivity index (χ3v) is 5.67.